The van der Waals surface area contributed by atoms with Crippen LogP contribution in [-0.4, -0.2) is 35.9 Å². The van der Waals surface area contributed by atoms with Crippen LogP contribution in [0.4, 0.5) is 0 Å². The number of aliphatic hydroxyl groups is 1. The van der Waals surface area contributed by atoms with Crippen LogP contribution in [0.2, 0.25) is 0 Å². The van der Waals surface area contributed by atoms with Crippen LogP contribution in [0.1, 0.15) is 26.7 Å². The predicted molar refractivity (Wildman–Crippen MR) is 59.3 cm³/mol. The molecule has 1 heterocycles. The third kappa shape index (κ3) is 3.03. The van der Waals surface area contributed by atoms with Gasteiger partial charge in [-0.05, 0) is 25.8 Å². The molecule has 1 unspecified atom stereocenters. The molecule has 1 aromatic rings. The van der Waals surface area contributed by atoms with Gasteiger partial charge >= 0.3 is 0 Å². The highest BCUT2D eigenvalue weighted by molar-refractivity contribution is 7.89. The molecule has 0 aliphatic heterocycles. The lowest BCUT2D eigenvalue weighted by molar-refractivity contribution is 0.233. The zero-order valence-electron chi connectivity index (χ0n) is 9.40. The molecule has 0 bridgehead atoms. The minimum absolute atomic E-state index is 0.0325. The summed E-state index contributed by atoms with van der Waals surface area (Å²) in [6.45, 7) is 3.57. The number of nitrogens with zero attached hydrogens (tertiary/aromatic N) is 1. The first-order chi connectivity index (χ1) is 7.43. The van der Waals surface area contributed by atoms with Gasteiger partial charge in [0.1, 0.15) is 0 Å². The monoisotopic (exact) mass is 247 g/mol. The molecule has 92 valence electrons. The Morgan fingerprint density at radius 3 is 2.75 bits per heavy atom. The molecule has 7 heteroatoms. The second-order valence-electron chi connectivity index (χ2n) is 3.91. The van der Waals surface area contributed by atoms with Crippen LogP contribution in [0, 0.1) is 0 Å². The summed E-state index contributed by atoms with van der Waals surface area (Å²) in [6.07, 6.45) is 2.35. The average Bonchev–Trinajstić information content (AvgIpc) is 2.70. The highest BCUT2D eigenvalue weighted by Crippen LogP contribution is 2.17. The number of aromatic amines is 1. The van der Waals surface area contributed by atoms with Gasteiger partial charge in [-0.2, -0.15) is 5.10 Å². The molecule has 0 radical (unpaired) electrons. The molecule has 0 aliphatic carbocycles. The smallest absolute Gasteiger partial charge is 0.257 e. The first kappa shape index (κ1) is 13.1. The molecule has 3 N–H and O–H groups in total. The van der Waals surface area contributed by atoms with Crippen molar-refractivity contribution in [2.24, 2.45) is 0 Å². The first-order valence-electron chi connectivity index (χ1n) is 5.08. The number of H-pyrrole nitrogens is 1. The minimum atomic E-state index is -3.59. The summed E-state index contributed by atoms with van der Waals surface area (Å²) < 4.78 is 26.3. The van der Waals surface area contributed by atoms with Gasteiger partial charge in [-0.1, -0.05) is 6.92 Å². The fraction of sp³-hybridized carbons (Fsp3) is 0.667. The topological polar surface area (TPSA) is 95.1 Å². The Hall–Kier alpha value is -0.920. The second kappa shape index (κ2) is 4.94. The van der Waals surface area contributed by atoms with Crippen LogP contribution >= 0.6 is 0 Å². The lowest BCUT2D eigenvalue weighted by Crippen LogP contribution is -2.46. The quantitative estimate of drug-likeness (QED) is 0.671. The summed E-state index contributed by atoms with van der Waals surface area (Å²) in [7, 11) is -3.59. The minimum Gasteiger partial charge on any atom is -0.396 e. The fourth-order valence-corrected chi connectivity index (χ4v) is 2.74. The third-order valence-electron chi connectivity index (χ3n) is 2.59. The summed E-state index contributed by atoms with van der Waals surface area (Å²) in [4.78, 5) is 0. The second-order valence-corrected chi connectivity index (χ2v) is 5.57. The predicted octanol–water partition coefficient (Wildman–Crippen LogP) is 0.239. The van der Waals surface area contributed by atoms with E-state index in [0.717, 1.165) is 0 Å². The normalized spacial score (nSPS) is 15.9. The van der Waals surface area contributed by atoms with Crippen LogP contribution in [0.15, 0.2) is 17.3 Å². The number of sulfonamides is 1. The maximum Gasteiger partial charge on any atom is 0.257 e. The molecule has 16 heavy (non-hydrogen) atoms. The average molecular weight is 247 g/mol. The Morgan fingerprint density at radius 1 is 1.62 bits per heavy atom. The number of nitrogens with one attached hydrogen (secondary N) is 2. The number of hydrogen-bond acceptors (Lipinski definition) is 4. The number of aromatic nitrogens is 2. The molecule has 1 atom stereocenters. The van der Waals surface area contributed by atoms with Crippen molar-refractivity contribution in [2.75, 3.05) is 6.61 Å². The Kier molecular flexibility index (Phi) is 4.06. The molecule has 1 rings (SSSR count). The standard InChI is InChI=1S/C9H17N3O3S/c1-3-9(2,5-7-13)12-16(14,15)8-4-6-10-11-8/h4,6,12-13H,3,5,7H2,1-2H3,(H,10,11). The van der Waals surface area contributed by atoms with Crippen molar-refractivity contribution in [1.29, 1.82) is 0 Å². The number of aliphatic hydroxyl groups excluding tert-OH is 1. The zero-order valence-corrected chi connectivity index (χ0v) is 10.2. The van der Waals surface area contributed by atoms with E-state index < -0.39 is 15.6 Å². The Labute approximate surface area is 95.1 Å². The fourth-order valence-electron chi connectivity index (χ4n) is 1.32. The van der Waals surface area contributed by atoms with Crippen molar-refractivity contribution < 1.29 is 13.5 Å². The van der Waals surface area contributed by atoms with Crippen molar-refractivity contribution in [3.8, 4) is 0 Å². The van der Waals surface area contributed by atoms with E-state index in [1.165, 1.54) is 12.3 Å². The van der Waals surface area contributed by atoms with Gasteiger partial charge in [0.05, 0.1) is 6.20 Å². The third-order valence-corrected chi connectivity index (χ3v) is 4.16. The van der Waals surface area contributed by atoms with Gasteiger partial charge in [0.15, 0.2) is 5.03 Å². The van der Waals surface area contributed by atoms with Gasteiger partial charge in [-0.15, -0.1) is 0 Å². The van der Waals surface area contributed by atoms with Gasteiger partial charge in [-0.3, -0.25) is 5.10 Å². The lowest BCUT2D eigenvalue weighted by Gasteiger charge is -2.28. The molecular weight excluding hydrogens is 230 g/mol. The van der Waals surface area contributed by atoms with Gasteiger partial charge in [0.25, 0.3) is 10.0 Å². The molecule has 0 saturated heterocycles. The maximum absolute atomic E-state index is 11.9. The van der Waals surface area contributed by atoms with Gasteiger partial charge < -0.3 is 5.11 Å². The first-order valence-corrected chi connectivity index (χ1v) is 6.56. The van der Waals surface area contributed by atoms with E-state index in [-0.39, 0.29) is 11.6 Å². The Morgan fingerprint density at radius 2 is 2.31 bits per heavy atom. The molecule has 0 aliphatic rings. The van der Waals surface area contributed by atoms with E-state index in [9.17, 15) is 8.42 Å². The molecule has 0 spiro atoms. The van der Waals surface area contributed by atoms with Crippen molar-refractivity contribution in [1.82, 2.24) is 14.9 Å². The Balaban J connectivity index is 2.87. The molecule has 0 aromatic carbocycles. The van der Waals surface area contributed by atoms with E-state index in [2.05, 4.69) is 14.9 Å². The molecule has 0 fully saturated rings. The van der Waals surface area contributed by atoms with Crippen molar-refractivity contribution in [3.63, 3.8) is 0 Å². The van der Waals surface area contributed by atoms with E-state index >= 15 is 0 Å². The highest BCUT2D eigenvalue weighted by atomic mass is 32.2. The molecule has 0 saturated carbocycles. The summed E-state index contributed by atoms with van der Waals surface area (Å²) in [6, 6.07) is 1.39. The Bertz CT molecular complexity index is 415. The van der Waals surface area contributed by atoms with Crippen LogP contribution in [0.5, 0.6) is 0 Å². The molecule has 6 nitrogen and oxygen atoms in total. The number of hydrogen-bond donors (Lipinski definition) is 3. The highest BCUT2D eigenvalue weighted by Gasteiger charge is 2.29. The van der Waals surface area contributed by atoms with Crippen LogP contribution in [-0.2, 0) is 10.0 Å². The molecular formula is C9H17N3O3S. The molecule has 1 aromatic heterocycles. The van der Waals surface area contributed by atoms with Crippen LogP contribution in [0.3, 0.4) is 0 Å². The summed E-state index contributed by atoms with van der Waals surface area (Å²) >= 11 is 0. The van der Waals surface area contributed by atoms with E-state index in [1.54, 1.807) is 6.92 Å². The summed E-state index contributed by atoms with van der Waals surface area (Å²) in [5, 5.41) is 14.9. The van der Waals surface area contributed by atoms with Crippen molar-refractivity contribution in [2.45, 2.75) is 37.3 Å². The van der Waals surface area contributed by atoms with E-state index in [1.807, 2.05) is 6.92 Å². The van der Waals surface area contributed by atoms with Crippen LogP contribution in [0.25, 0.3) is 0 Å². The molecule has 0 amide bonds. The van der Waals surface area contributed by atoms with Gasteiger partial charge in [-0.25, -0.2) is 13.1 Å². The van der Waals surface area contributed by atoms with E-state index in [0.29, 0.717) is 12.8 Å². The number of rotatable bonds is 6. The van der Waals surface area contributed by atoms with E-state index in [4.69, 9.17) is 5.11 Å². The van der Waals surface area contributed by atoms with Gasteiger partial charge in [0, 0.05) is 12.1 Å². The zero-order chi connectivity index (χ0) is 12.2. The largest absolute Gasteiger partial charge is 0.396 e. The maximum atomic E-state index is 11.9. The van der Waals surface area contributed by atoms with Crippen molar-refractivity contribution in [3.05, 3.63) is 12.3 Å². The van der Waals surface area contributed by atoms with Gasteiger partial charge in [0.2, 0.25) is 0 Å². The van der Waals surface area contributed by atoms with Crippen molar-refractivity contribution >= 4 is 10.0 Å². The summed E-state index contributed by atoms with van der Waals surface area (Å²) in [5.41, 5.74) is -0.640. The van der Waals surface area contributed by atoms with Crippen LogP contribution < -0.4 is 4.72 Å². The SMILES string of the molecule is CCC(C)(CCO)NS(=O)(=O)c1ccn[nH]1. The lowest BCUT2D eigenvalue weighted by atomic mass is 9.97. The summed E-state index contributed by atoms with van der Waals surface area (Å²) in [5.74, 6) is 0.